The van der Waals surface area contributed by atoms with Gasteiger partial charge in [0, 0.05) is 31.6 Å². The summed E-state index contributed by atoms with van der Waals surface area (Å²) >= 11 is 0. The minimum Gasteiger partial charge on any atom is -0.472 e. The topological polar surface area (TPSA) is 100 Å². The number of carbonyl (C=O) groups excluding carboxylic acids is 1. The van der Waals surface area contributed by atoms with E-state index in [4.69, 9.17) is 10.00 Å². The summed E-state index contributed by atoms with van der Waals surface area (Å²) in [4.78, 5) is 18.3. The van der Waals surface area contributed by atoms with Crippen molar-refractivity contribution in [2.75, 3.05) is 18.8 Å². The number of aromatic nitrogens is 1. The number of carbonyl (C=O) groups is 1. The van der Waals surface area contributed by atoms with Crippen molar-refractivity contribution in [2.45, 2.75) is 23.8 Å². The van der Waals surface area contributed by atoms with E-state index in [1.807, 2.05) is 6.07 Å². The van der Waals surface area contributed by atoms with Crippen LogP contribution < -0.4 is 4.74 Å². The van der Waals surface area contributed by atoms with E-state index in [2.05, 4.69) is 4.98 Å². The first kappa shape index (κ1) is 18.9. The van der Waals surface area contributed by atoms with E-state index in [0.717, 1.165) is 0 Å². The zero-order valence-electron chi connectivity index (χ0n) is 14.6. The van der Waals surface area contributed by atoms with E-state index in [-0.39, 0.29) is 29.1 Å². The van der Waals surface area contributed by atoms with E-state index in [9.17, 15) is 13.2 Å². The number of nitriles is 1. The molecular weight excluding hydrogens is 366 g/mol. The summed E-state index contributed by atoms with van der Waals surface area (Å²) in [6.45, 7) is 0.884. The van der Waals surface area contributed by atoms with Crippen molar-refractivity contribution in [3.05, 3.63) is 54.2 Å². The van der Waals surface area contributed by atoms with Crippen LogP contribution in [0.3, 0.4) is 0 Å². The van der Waals surface area contributed by atoms with Gasteiger partial charge in [-0.15, -0.1) is 0 Å². The maximum atomic E-state index is 12.4. The second kappa shape index (κ2) is 8.18. The lowest BCUT2D eigenvalue weighted by Crippen LogP contribution is -2.32. The number of rotatable bonds is 6. The maximum absolute atomic E-state index is 12.4. The minimum atomic E-state index is -3.47. The molecule has 1 fully saturated rings. The zero-order chi connectivity index (χ0) is 19.3. The number of ether oxygens (including phenoxy) is 1. The van der Waals surface area contributed by atoms with Gasteiger partial charge in [-0.2, -0.15) is 5.26 Å². The molecule has 27 heavy (non-hydrogen) atoms. The average molecular weight is 385 g/mol. The van der Waals surface area contributed by atoms with Crippen LogP contribution in [0.25, 0.3) is 0 Å². The zero-order valence-corrected chi connectivity index (χ0v) is 15.4. The van der Waals surface area contributed by atoms with Crippen molar-refractivity contribution in [2.24, 2.45) is 0 Å². The summed E-state index contributed by atoms with van der Waals surface area (Å²) in [5, 5.41) is 8.91. The number of pyridine rings is 1. The molecule has 0 saturated carbocycles. The number of hydrogen-bond acceptors (Lipinski definition) is 6. The Kier molecular flexibility index (Phi) is 5.72. The lowest BCUT2D eigenvalue weighted by atomic mass is 10.3. The average Bonchev–Trinajstić information content (AvgIpc) is 3.15. The van der Waals surface area contributed by atoms with Crippen LogP contribution in [0.1, 0.15) is 18.4 Å². The molecule has 0 bridgehead atoms. The van der Waals surface area contributed by atoms with E-state index in [0.29, 0.717) is 31.0 Å². The van der Waals surface area contributed by atoms with Crippen LogP contribution in [0.5, 0.6) is 5.88 Å². The van der Waals surface area contributed by atoms with Gasteiger partial charge in [-0.3, -0.25) is 4.79 Å². The van der Waals surface area contributed by atoms with Crippen molar-refractivity contribution in [3.8, 4) is 11.9 Å². The molecule has 1 aliphatic heterocycles. The van der Waals surface area contributed by atoms with Crippen LogP contribution >= 0.6 is 0 Å². The second-order valence-corrected chi connectivity index (χ2v) is 8.35. The lowest BCUT2D eigenvalue weighted by molar-refractivity contribution is -0.130. The van der Waals surface area contributed by atoms with E-state index >= 15 is 0 Å². The number of likely N-dealkylation sites (tertiary alicyclic amines) is 1. The quantitative estimate of drug-likeness (QED) is 0.752. The molecule has 1 atom stereocenters. The minimum absolute atomic E-state index is 0.0634. The highest BCUT2D eigenvalue weighted by Gasteiger charge is 2.28. The van der Waals surface area contributed by atoms with Gasteiger partial charge < -0.3 is 9.64 Å². The largest absolute Gasteiger partial charge is 0.472 e. The van der Waals surface area contributed by atoms with Crippen molar-refractivity contribution < 1.29 is 17.9 Å². The van der Waals surface area contributed by atoms with Gasteiger partial charge in [0.25, 0.3) is 0 Å². The fourth-order valence-electron chi connectivity index (χ4n) is 2.89. The van der Waals surface area contributed by atoms with Gasteiger partial charge in [-0.25, -0.2) is 13.4 Å². The molecule has 7 nitrogen and oxygen atoms in total. The molecule has 1 aliphatic rings. The van der Waals surface area contributed by atoms with Gasteiger partial charge in [0.15, 0.2) is 9.84 Å². The summed E-state index contributed by atoms with van der Waals surface area (Å²) in [7, 11) is -3.47. The molecule has 1 unspecified atom stereocenters. The smallest absolute Gasteiger partial charge is 0.223 e. The molecule has 140 valence electrons. The SMILES string of the molecule is N#Cc1ccnc(OC2CCN(C(=O)CCS(=O)(=O)c3ccccc3)C2)c1. The number of sulfone groups is 1. The summed E-state index contributed by atoms with van der Waals surface area (Å²) in [6.07, 6.45) is 1.85. The van der Waals surface area contributed by atoms with Crippen molar-refractivity contribution >= 4 is 15.7 Å². The Morgan fingerprint density at radius 2 is 2.07 bits per heavy atom. The summed E-state index contributed by atoms with van der Waals surface area (Å²) in [5.41, 5.74) is 0.456. The second-order valence-electron chi connectivity index (χ2n) is 6.24. The molecule has 1 saturated heterocycles. The Hall–Kier alpha value is -2.92. The van der Waals surface area contributed by atoms with Crippen LogP contribution in [0, 0.1) is 11.3 Å². The Morgan fingerprint density at radius 1 is 1.30 bits per heavy atom. The van der Waals surface area contributed by atoms with Crippen LogP contribution in [-0.4, -0.2) is 49.2 Å². The molecule has 1 aromatic heterocycles. The predicted molar refractivity (Wildman–Crippen MR) is 97.7 cm³/mol. The Labute approximate surface area is 158 Å². The fraction of sp³-hybridized carbons (Fsp3) is 0.316. The number of amides is 1. The Balaban J connectivity index is 1.52. The molecule has 0 radical (unpaired) electrons. The molecular formula is C19H19N3O4S. The van der Waals surface area contributed by atoms with E-state index in [1.165, 1.54) is 18.3 Å². The first-order valence-electron chi connectivity index (χ1n) is 8.56. The fourth-order valence-corrected chi connectivity index (χ4v) is 4.14. The number of hydrogen-bond donors (Lipinski definition) is 0. The third-order valence-electron chi connectivity index (χ3n) is 4.34. The van der Waals surface area contributed by atoms with Gasteiger partial charge in [-0.05, 0) is 18.2 Å². The molecule has 0 aliphatic carbocycles. The van der Waals surface area contributed by atoms with Crippen LogP contribution in [0.4, 0.5) is 0 Å². The van der Waals surface area contributed by atoms with Gasteiger partial charge in [0.2, 0.25) is 11.8 Å². The summed E-state index contributed by atoms with van der Waals surface area (Å²) < 4.78 is 30.3. The van der Waals surface area contributed by atoms with Gasteiger partial charge >= 0.3 is 0 Å². The maximum Gasteiger partial charge on any atom is 0.223 e. The normalized spacial score (nSPS) is 16.7. The number of nitrogens with zero attached hydrogens (tertiary/aromatic N) is 3. The molecule has 3 rings (SSSR count). The molecule has 0 N–H and O–H groups in total. The molecule has 1 aromatic carbocycles. The molecule has 2 heterocycles. The molecule has 1 amide bonds. The Morgan fingerprint density at radius 3 is 2.81 bits per heavy atom. The van der Waals surface area contributed by atoms with Gasteiger partial charge in [0.1, 0.15) is 6.10 Å². The van der Waals surface area contributed by atoms with Crippen LogP contribution in [0.15, 0.2) is 53.6 Å². The first-order chi connectivity index (χ1) is 13.0. The molecule has 0 spiro atoms. The highest BCUT2D eigenvalue weighted by atomic mass is 32.2. The van der Waals surface area contributed by atoms with Crippen LogP contribution in [0.2, 0.25) is 0 Å². The monoisotopic (exact) mass is 385 g/mol. The third kappa shape index (κ3) is 4.83. The van der Waals surface area contributed by atoms with Crippen molar-refractivity contribution in [1.29, 1.82) is 5.26 Å². The van der Waals surface area contributed by atoms with Crippen LogP contribution in [-0.2, 0) is 14.6 Å². The highest BCUT2D eigenvalue weighted by molar-refractivity contribution is 7.91. The highest BCUT2D eigenvalue weighted by Crippen LogP contribution is 2.19. The van der Waals surface area contributed by atoms with Crippen molar-refractivity contribution in [1.82, 2.24) is 9.88 Å². The lowest BCUT2D eigenvalue weighted by Gasteiger charge is -2.17. The summed E-state index contributed by atoms with van der Waals surface area (Å²) in [6, 6.07) is 13.3. The van der Waals surface area contributed by atoms with Gasteiger partial charge in [-0.1, -0.05) is 18.2 Å². The van der Waals surface area contributed by atoms with E-state index in [1.54, 1.807) is 35.2 Å². The Bertz CT molecular complexity index is 954. The third-order valence-corrected chi connectivity index (χ3v) is 6.07. The number of benzene rings is 1. The van der Waals surface area contributed by atoms with E-state index < -0.39 is 9.84 Å². The predicted octanol–water partition coefficient (Wildman–Crippen LogP) is 1.80. The molecule has 8 heteroatoms. The summed E-state index contributed by atoms with van der Waals surface area (Å²) in [5.74, 6) is -0.0803. The van der Waals surface area contributed by atoms with Crippen molar-refractivity contribution in [3.63, 3.8) is 0 Å². The standard InChI is InChI=1S/C19H19N3O4S/c20-13-15-6-9-21-18(12-15)26-16-7-10-22(14-16)19(23)8-11-27(24,25)17-4-2-1-3-5-17/h1-6,9,12,16H,7-8,10-11,14H2. The first-order valence-corrected chi connectivity index (χ1v) is 10.2. The molecule has 2 aromatic rings. The van der Waals surface area contributed by atoms with Gasteiger partial charge in [0.05, 0.1) is 28.8 Å².